The largest absolute Gasteiger partial charge is 0.508 e. The predicted octanol–water partition coefficient (Wildman–Crippen LogP) is 2.50. The highest BCUT2D eigenvalue weighted by molar-refractivity contribution is 5.50. The van der Waals surface area contributed by atoms with E-state index in [2.05, 4.69) is 31.4 Å². The number of phenolic OH excluding ortho intramolecular Hbond substituents is 1. The van der Waals surface area contributed by atoms with Gasteiger partial charge in [0.25, 0.3) is 0 Å². The van der Waals surface area contributed by atoms with Crippen molar-refractivity contribution in [1.82, 2.24) is 5.32 Å². The van der Waals surface area contributed by atoms with E-state index < -0.39 is 0 Å². The Bertz CT molecular complexity index is 342. The number of nitrogens with one attached hydrogen (secondary N) is 2. The Labute approximate surface area is 97.9 Å². The molecule has 1 aromatic rings. The van der Waals surface area contributed by atoms with Gasteiger partial charge in [-0.2, -0.15) is 0 Å². The van der Waals surface area contributed by atoms with Crippen molar-refractivity contribution in [3.63, 3.8) is 0 Å². The maximum absolute atomic E-state index is 9.53. The van der Waals surface area contributed by atoms with Gasteiger partial charge in [0.15, 0.2) is 0 Å². The second kappa shape index (κ2) is 5.21. The molecule has 0 heterocycles. The lowest BCUT2D eigenvalue weighted by Crippen LogP contribution is -2.38. The Kier molecular flexibility index (Phi) is 4.19. The maximum atomic E-state index is 9.53. The molecule has 3 heteroatoms. The Morgan fingerprint density at radius 2 is 1.88 bits per heavy atom. The molecule has 0 aromatic heterocycles. The first-order chi connectivity index (χ1) is 7.38. The lowest BCUT2D eigenvalue weighted by molar-refractivity contribution is 0.435. The second-order valence-electron chi connectivity index (χ2n) is 5.10. The number of anilines is 1. The van der Waals surface area contributed by atoms with Crippen molar-refractivity contribution < 1.29 is 5.11 Å². The van der Waals surface area contributed by atoms with Crippen molar-refractivity contribution in [2.75, 3.05) is 18.4 Å². The van der Waals surface area contributed by atoms with E-state index in [1.165, 1.54) is 0 Å². The number of hydrogen-bond acceptors (Lipinski definition) is 3. The van der Waals surface area contributed by atoms with Crippen LogP contribution in [0.4, 0.5) is 5.69 Å². The van der Waals surface area contributed by atoms with Crippen molar-refractivity contribution in [3.05, 3.63) is 23.8 Å². The molecular formula is C13H22N2O. The normalized spacial score (nSPS) is 11.5. The molecule has 0 fully saturated rings. The summed E-state index contributed by atoms with van der Waals surface area (Å²) in [6.45, 7) is 10.1. The van der Waals surface area contributed by atoms with Gasteiger partial charge in [0.2, 0.25) is 0 Å². The fourth-order valence-corrected chi connectivity index (χ4v) is 1.36. The summed E-state index contributed by atoms with van der Waals surface area (Å²) in [6, 6.07) is 5.65. The minimum absolute atomic E-state index is 0.150. The van der Waals surface area contributed by atoms with Crippen molar-refractivity contribution in [1.29, 1.82) is 0 Å². The van der Waals surface area contributed by atoms with Crippen molar-refractivity contribution in [3.8, 4) is 5.75 Å². The Balaban J connectivity index is 2.35. The van der Waals surface area contributed by atoms with Crippen molar-refractivity contribution in [2.24, 2.45) is 0 Å². The summed E-state index contributed by atoms with van der Waals surface area (Å²) >= 11 is 0. The molecule has 0 radical (unpaired) electrons. The molecule has 0 aliphatic rings. The van der Waals surface area contributed by atoms with Crippen molar-refractivity contribution in [2.45, 2.75) is 33.2 Å². The van der Waals surface area contributed by atoms with E-state index in [0.29, 0.717) is 5.75 Å². The van der Waals surface area contributed by atoms with Gasteiger partial charge in [-0.3, -0.25) is 0 Å². The molecule has 90 valence electrons. The number of rotatable bonds is 4. The Hall–Kier alpha value is -1.22. The average molecular weight is 222 g/mol. The SMILES string of the molecule is Cc1ccc(NCCNC(C)(C)C)cc1O. The zero-order valence-corrected chi connectivity index (χ0v) is 10.6. The Morgan fingerprint density at radius 1 is 1.19 bits per heavy atom. The van der Waals surface area contributed by atoms with Crippen LogP contribution >= 0.6 is 0 Å². The molecule has 0 atom stereocenters. The summed E-state index contributed by atoms with van der Waals surface area (Å²) in [5, 5.41) is 16.2. The van der Waals surface area contributed by atoms with E-state index in [1.54, 1.807) is 6.07 Å². The lowest BCUT2D eigenvalue weighted by atomic mass is 10.1. The van der Waals surface area contributed by atoms with Gasteiger partial charge < -0.3 is 15.7 Å². The molecule has 0 unspecified atom stereocenters. The fourth-order valence-electron chi connectivity index (χ4n) is 1.36. The summed E-state index contributed by atoms with van der Waals surface area (Å²) in [5.74, 6) is 0.341. The minimum atomic E-state index is 0.150. The highest BCUT2D eigenvalue weighted by atomic mass is 16.3. The third-order valence-corrected chi connectivity index (χ3v) is 2.32. The van der Waals surface area contributed by atoms with Crippen LogP contribution in [-0.4, -0.2) is 23.7 Å². The van der Waals surface area contributed by atoms with Gasteiger partial charge in [-0.25, -0.2) is 0 Å². The topological polar surface area (TPSA) is 44.3 Å². The number of phenols is 1. The fraction of sp³-hybridized carbons (Fsp3) is 0.538. The second-order valence-corrected chi connectivity index (χ2v) is 5.10. The molecule has 1 rings (SSSR count). The van der Waals surface area contributed by atoms with Crippen LogP contribution in [0.2, 0.25) is 0 Å². The standard InChI is InChI=1S/C13H22N2O/c1-10-5-6-11(9-12(10)16)14-7-8-15-13(2,3)4/h5-6,9,14-16H,7-8H2,1-4H3. The molecular weight excluding hydrogens is 200 g/mol. The van der Waals surface area contributed by atoms with Crippen molar-refractivity contribution >= 4 is 5.69 Å². The quantitative estimate of drug-likeness (QED) is 0.686. The van der Waals surface area contributed by atoms with Crippen LogP contribution in [0.25, 0.3) is 0 Å². The van der Waals surface area contributed by atoms with Gasteiger partial charge in [-0.05, 0) is 39.3 Å². The summed E-state index contributed by atoms with van der Waals surface area (Å²) in [5.41, 5.74) is 2.01. The highest BCUT2D eigenvalue weighted by Crippen LogP contribution is 2.20. The van der Waals surface area contributed by atoms with Crippen LogP contribution in [0.5, 0.6) is 5.75 Å². The maximum Gasteiger partial charge on any atom is 0.120 e. The van der Waals surface area contributed by atoms with E-state index in [1.807, 2.05) is 19.1 Å². The van der Waals surface area contributed by atoms with Gasteiger partial charge in [-0.15, -0.1) is 0 Å². The van der Waals surface area contributed by atoms with Crippen LogP contribution in [0.1, 0.15) is 26.3 Å². The van der Waals surface area contributed by atoms with Gasteiger partial charge in [0.05, 0.1) is 0 Å². The third-order valence-electron chi connectivity index (χ3n) is 2.32. The van der Waals surface area contributed by atoms with E-state index in [4.69, 9.17) is 0 Å². The van der Waals surface area contributed by atoms with E-state index in [0.717, 1.165) is 24.3 Å². The molecule has 0 amide bonds. The predicted molar refractivity (Wildman–Crippen MR) is 69.1 cm³/mol. The molecule has 0 aliphatic carbocycles. The molecule has 1 aromatic carbocycles. The third kappa shape index (κ3) is 4.53. The van der Waals surface area contributed by atoms with Crippen LogP contribution in [0.3, 0.4) is 0 Å². The molecule has 16 heavy (non-hydrogen) atoms. The first-order valence-corrected chi connectivity index (χ1v) is 5.67. The Morgan fingerprint density at radius 3 is 2.44 bits per heavy atom. The van der Waals surface area contributed by atoms with Crippen LogP contribution < -0.4 is 10.6 Å². The monoisotopic (exact) mass is 222 g/mol. The summed E-state index contributed by atoms with van der Waals surface area (Å²) in [6.07, 6.45) is 0. The number of benzene rings is 1. The average Bonchev–Trinajstić information content (AvgIpc) is 2.17. The van der Waals surface area contributed by atoms with E-state index >= 15 is 0 Å². The molecule has 0 bridgehead atoms. The van der Waals surface area contributed by atoms with Gasteiger partial charge in [-0.1, -0.05) is 6.07 Å². The molecule has 0 saturated heterocycles. The summed E-state index contributed by atoms with van der Waals surface area (Å²) < 4.78 is 0. The van der Waals surface area contributed by atoms with E-state index in [-0.39, 0.29) is 5.54 Å². The molecule has 0 spiro atoms. The van der Waals surface area contributed by atoms with Gasteiger partial charge in [0, 0.05) is 30.4 Å². The zero-order valence-electron chi connectivity index (χ0n) is 10.6. The molecule has 3 nitrogen and oxygen atoms in total. The van der Waals surface area contributed by atoms with E-state index in [9.17, 15) is 5.11 Å². The highest BCUT2D eigenvalue weighted by Gasteiger charge is 2.07. The minimum Gasteiger partial charge on any atom is -0.508 e. The van der Waals surface area contributed by atoms with Gasteiger partial charge in [0.1, 0.15) is 5.75 Å². The lowest BCUT2D eigenvalue weighted by Gasteiger charge is -2.20. The van der Waals surface area contributed by atoms with Crippen LogP contribution in [-0.2, 0) is 0 Å². The summed E-state index contributed by atoms with van der Waals surface area (Å²) in [4.78, 5) is 0. The first-order valence-electron chi connectivity index (χ1n) is 5.67. The number of hydrogen-bond donors (Lipinski definition) is 3. The molecule has 0 aliphatic heterocycles. The summed E-state index contributed by atoms with van der Waals surface area (Å²) in [7, 11) is 0. The van der Waals surface area contributed by atoms with Crippen LogP contribution in [0.15, 0.2) is 18.2 Å². The smallest absolute Gasteiger partial charge is 0.120 e. The number of aryl methyl sites for hydroxylation is 1. The van der Waals surface area contributed by atoms with Gasteiger partial charge >= 0.3 is 0 Å². The zero-order chi connectivity index (χ0) is 12.2. The van der Waals surface area contributed by atoms with Crippen LogP contribution in [0, 0.1) is 6.92 Å². The first kappa shape index (κ1) is 12.8. The molecule has 0 saturated carbocycles. The number of aromatic hydroxyl groups is 1. The molecule has 3 N–H and O–H groups in total.